The van der Waals surface area contributed by atoms with Crippen molar-refractivity contribution in [3.05, 3.63) is 29.8 Å². The van der Waals surface area contributed by atoms with E-state index >= 15 is 0 Å². The first kappa shape index (κ1) is 16.2. The van der Waals surface area contributed by atoms with E-state index in [1.54, 1.807) is 0 Å². The summed E-state index contributed by atoms with van der Waals surface area (Å²) < 4.78 is 0. The Balaban J connectivity index is 2.35. The van der Waals surface area contributed by atoms with Gasteiger partial charge in [0, 0.05) is 25.6 Å². The lowest BCUT2D eigenvalue weighted by Gasteiger charge is -2.17. The molecule has 1 rings (SSSR count). The molecule has 20 heavy (non-hydrogen) atoms. The maximum absolute atomic E-state index is 11.7. The lowest BCUT2D eigenvalue weighted by Crippen LogP contribution is -2.29. The second kappa shape index (κ2) is 7.08. The van der Waals surface area contributed by atoms with Crippen LogP contribution in [-0.4, -0.2) is 18.4 Å². The molecule has 0 unspecified atom stereocenters. The Morgan fingerprint density at radius 2 is 1.70 bits per heavy atom. The summed E-state index contributed by atoms with van der Waals surface area (Å²) in [6.45, 7) is 8.26. The topological polar surface area (TPSA) is 58.2 Å². The summed E-state index contributed by atoms with van der Waals surface area (Å²) in [6.07, 6.45) is 1.32. The standard InChI is InChI=1S/C16H24N2O2/c1-12(19)18-14-7-5-13(6-8-14)9-10-17-15(20)11-16(2,3)4/h5-8H,9-11H2,1-4H3,(H,17,20)(H,18,19). The Kier molecular flexibility index (Phi) is 5.74. The predicted molar refractivity (Wildman–Crippen MR) is 81.5 cm³/mol. The van der Waals surface area contributed by atoms with Crippen LogP contribution in [0.25, 0.3) is 0 Å². The second-order valence-corrected chi connectivity index (χ2v) is 6.22. The minimum absolute atomic E-state index is 0.0179. The van der Waals surface area contributed by atoms with Gasteiger partial charge in [0.2, 0.25) is 11.8 Å². The minimum Gasteiger partial charge on any atom is -0.356 e. The van der Waals surface area contributed by atoms with Gasteiger partial charge in [-0.3, -0.25) is 9.59 Å². The molecule has 0 aliphatic rings. The summed E-state index contributed by atoms with van der Waals surface area (Å²) in [5, 5.41) is 5.65. The summed E-state index contributed by atoms with van der Waals surface area (Å²) >= 11 is 0. The number of hydrogen-bond acceptors (Lipinski definition) is 2. The van der Waals surface area contributed by atoms with Crippen molar-refractivity contribution in [2.45, 2.75) is 40.5 Å². The molecule has 0 heterocycles. The lowest BCUT2D eigenvalue weighted by molar-refractivity contribution is -0.122. The highest BCUT2D eigenvalue weighted by Gasteiger charge is 2.15. The van der Waals surface area contributed by atoms with E-state index in [2.05, 4.69) is 10.6 Å². The van der Waals surface area contributed by atoms with E-state index in [0.29, 0.717) is 13.0 Å². The average molecular weight is 276 g/mol. The monoisotopic (exact) mass is 276 g/mol. The molecule has 0 radical (unpaired) electrons. The Bertz CT molecular complexity index is 458. The summed E-state index contributed by atoms with van der Waals surface area (Å²) in [4.78, 5) is 22.6. The Morgan fingerprint density at radius 1 is 1.10 bits per heavy atom. The Labute approximate surface area is 121 Å². The lowest BCUT2D eigenvalue weighted by atomic mass is 9.92. The highest BCUT2D eigenvalue weighted by atomic mass is 16.2. The number of carbonyl (C=O) groups is 2. The van der Waals surface area contributed by atoms with Crippen molar-refractivity contribution in [2.24, 2.45) is 5.41 Å². The first-order valence-electron chi connectivity index (χ1n) is 6.89. The van der Waals surface area contributed by atoms with Crippen LogP contribution in [0.1, 0.15) is 39.7 Å². The third-order valence-corrected chi connectivity index (χ3v) is 2.70. The molecule has 2 amide bonds. The number of carbonyl (C=O) groups excluding carboxylic acids is 2. The molecule has 0 saturated carbocycles. The van der Waals surface area contributed by atoms with E-state index in [1.807, 2.05) is 45.0 Å². The van der Waals surface area contributed by atoms with Crippen LogP contribution in [0.4, 0.5) is 5.69 Å². The summed E-state index contributed by atoms with van der Waals surface area (Å²) in [7, 11) is 0. The molecule has 4 heteroatoms. The molecule has 4 nitrogen and oxygen atoms in total. The zero-order valence-electron chi connectivity index (χ0n) is 12.7. The van der Waals surface area contributed by atoms with E-state index in [4.69, 9.17) is 0 Å². The maximum Gasteiger partial charge on any atom is 0.221 e. The number of benzene rings is 1. The van der Waals surface area contributed by atoms with Crippen molar-refractivity contribution < 1.29 is 9.59 Å². The molecule has 0 aromatic heterocycles. The fraction of sp³-hybridized carbons (Fsp3) is 0.500. The van der Waals surface area contributed by atoms with Gasteiger partial charge in [-0.1, -0.05) is 32.9 Å². The van der Waals surface area contributed by atoms with Crippen LogP contribution in [0.3, 0.4) is 0 Å². The summed E-state index contributed by atoms with van der Waals surface area (Å²) in [5.74, 6) is 0.0135. The molecule has 0 bridgehead atoms. The number of rotatable bonds is 5. The van der Waals surface area contributed by atoms with Gasteiger partial charge >= 0.3 is 0 Å². The Hall–Kier alpha value is -1.84. The van der Waals surface area contributed by atoms with Crippen LogP contribution in [0.15, 0.2) is 24.3 Å². The van der Waals surface area contributed by atoms with E-state index in [0.717, 1.165) is 17.7 Å². The van der Waals surface area contributed by atoms with Crippen LogP contribution in [0.2, 0.25) is 0 Å². The normalized spacial score (nSPS) is 11.0. The van der Waals surface area contributed by atoms with Crippen molar-refractivity contribution in [3.63, 3.8) is 0 Å². The van der Waals surface area contributed by atoms with Crippen molar-refractivity contribution in [3.8, 4) is 0 Å². The van der Waals surface area contributed by atoms with Gasteiger partial charge in [0.1, 0.15) is 0 Å². The SMILES string of the molecule is CC(=O)Nc1ccc(CCNC(=O)CC(C)(C)C)cc1. The van der Waals surface area contributed by atoms with Crippen molar-refractivity contribution >= 4 is 17.5 Å². The van der Waals surface area contributed by atoms with Gasteiger partial charge in [-0.2, -0.15) is 0 Å². The largest absolute Gasteiger partial charge is 0.356 e. The van der Waals surface area contributed by atoms with E-state index in [9.17, 15) is 9.59 Å². The fourth-order valence-corrected chi connectivity index (χ4v) is 1.85. The summed E-state index contributed by atoms with van der Waals surface area (Å²) in [6, 6.07) is 7.66. The van der Waals surface area contributed by atoms with Crippen LogP contribution < -0.4 is 10.6 Å². The fourth-order valence-electron chi connectivity index (χ4n) is 1.85. The van der Waals surface area contributed by atoms with Crippen LogP contribution in [0, 0.1) is 5.41 Å². The molecule has 0 aliphatic carbocycles. The second-order valence-electron chi connectivity index (χ2n) is 6.22. The van der Waals surface area contributed by atoms with Crippen LogP contribution in [-0.2, 0) is 16.0 Å². The number of nitrogens with one attached hydrogen (secondary N) is 2. The number of anilines is 1. The van der Waals surface area contributed by atoms with Crippen LogP contribution in [0.5, 0.6) is 0 Å². The molecule has 2 N–H and O–H groups in total. The van der Waals surface area contributed by atoms with Crippen molar-refractivity contribution in [2.75, 3.05) is 11.9 Å². The molecule has 1 aromatic carbocycles. The zero-order valence-corrected chi connectivity index (χ0v) is 12.7. The molecular weight excluding hydrogens is 252 g/mol. The molecule has 110 valence electrons. The van der Waals surface area contributed by atoms with Gasteiger partial charge in [0.05, 0.1) is 0 Å². The minimum atomic E-state index is -0.0767. The molecule has 0 saturated heterocycles. The number of amides is 2. The smallest absolute Gasteiger partial charge is 0.221 e. The third kappa shape index (κ3) is 6.92. The van der Waals surface area contributed by atoms with Gasteiger partial charge in [0.25, 0.3) is 0 Å². The van der Waals surface area contributed by atoms with Crippen molar-refractivity contribution in [1.29, 1.82) is 0 Å². The first-order chi connectivity index (χ1) is 9.26. The van der Waals surface area contributed by atoms with Crippen LogP contribution >= 0.6 is 0 Å². The molecule has 0 spiro atoms. The quantitative estimate of drug-likeness (QED) is 0.868. The molecule has 1 aromatic rings. The number of hydrogen-bond donors (Lipinski definition) is 2. The predicted octanol–water partition coefficient (Wildman–Crippen LogP) is 2.74. The average Bonchev–Trinajstić information content (AvgIpc) is 2.28. The van der Waals surface area contributed by atoms with E-state index < -0.39 is 0 Å². The van der Waals surface area contributed by atoms with Gasteiger partial charge in [0.15, 0.2) is 0 Å². The Morgan fingerprint density at radius 3 is 2.20 bits per heavy atom. The van der Waals surface area contributed by atoms with Gasteiger partial charge in [-0.25, -0.2) is 0 Å². The first-order valence-corrected chi connectivity index (χ1v) is 6.89. The molecule has 0 fully saturated rings. The van der Waals surface area contributed by atoms with Gasteiger partial charge in [-0.05, 0) is 29.5 Å². The van der Waals surface area contributed by atoms with Gasteiger partial charge < -0.3 is 10.6 Å². The van der Waals surface area contributed by atoms with Gasteiger partial charge in [-0.15, -0.1) is 0 Å². The highest BCUT2D eigenvalue weighted by molar-refractivity contribution is 5.88. The summed E-state index contributed by atoms with van der Waals surface area (Å²) in [5.41, 5.74) is 1.94. The molecular formula is C16H24N2O2. The maximum atomic E-state index is 11.7. The third-order valence-electron chi connectivity index (χ3n) is 2.70. The molecule has 0 atom stereocenters. The highest BCUT2D eigenvalue weighted by Crippen LogP contribution is 2.17. The van der Waals surface area contributed by atoms with Crippen molar-refractivity contribution in [1.82, 2.24) is 5.32 Å². The zero-order chi connectivity index (χ0) is 15.2. The van der Waals surface area contributed by atoms with E-state index in [-0.39, 0.29) is 17.2 Å². The molecule has 0 aliphatic heterocycles. The van der Waals surface area contributed by atoms with E-state index in [1.165, 1.54) is 6.92 Å².